The highest BCUT2D eigenvalue weighted by Crippen LogP contribution is 2.25. The van der Waals surface area contributed by atoms with Crippen molar-refractivity contribution in [2.24, 2.45) is 7.05 Å². The number of aromatic nitrogens is 4. The van der Waals surface area contributed by atoms with Crippen LogP contribution >= 0.6 is 11.8 Å². The zero-order chi connectivity index (χ0) is 31.3. The molecule has 0 aliphatic carbocycles. The quantitative estimate of drug-likeness (QED) is 0.166. The van der Waals surface area contributed by atoms with Crippen molar-refractivity contribution in [3.8, 4) is 11.1 Å². The van der Waals surface area contributed by atoms with E-state index in [-0.39, 0.29) is 29.6 Å². The number of nitrogens with zero attached hydrogens (tertiary/aromatic N) is 6. The average molecular weight is 627 g/mol. The summed E-state index contributed by atoms with van der Waals surface area (Å²) in [5.74, 6) is -0.152. The van der Waals surface area contributed by atoms with Crippen LogP contribution in [0.2, 0.25) is 0 Å². The first kappa shape index (κ1) is 30.3. The number of thioether (sulfide) groups is 1. The second-order valence-electron chi connectivity index (χ2n) is 11.0. The van der Waals surface area contributed by atoms with Gasteiger partial charge in [-0.1, -0.05) is 48.2 Å². The minimum Gasteiger partial charge on any atom is -0.368 e. The van der Waals surface area contributed by atoms with E-state index in [1.807, 2.05) is 30.3 Å². The molecule has 0 radical (unpaired) electrons. The number of rotatable bonds is 9. The van der Waals surface area contributed by atoms with E-state index in [4.69, 9.17) is 0 Å². The van der Waals surface area contributed by atoms with Gasteiger partial charge in [0.2, 0.25) is 5.91 Å². The highest BCUT2D eigenvalue weighted by atomic mass is 32.2. The maximum absolute atomic E-state index is 13.5. The standard InChI is InChI=1S/C34H32F2N6O2S/c1-39-20-25(19-37-39)18-28-21-42(34(38-33(28)44)45-23-24-2-8-29(35)9-3-24)22-32(43)41-16-14-40(15-17-41)31-12-6-27(7-13-31)26-4-10-30(36)11-5-26/h2-13,19-21H,14-18,22-23H2,1H3. The molecule has 0 saturated carbocycles. The minimum absolute atomic E-state index is 0.0471. The largest absolute Gasteiger partial charge is 0.368 e. The molecule has 6 rings (SSSR count). The number of benzene rings is 3. The van der Waals surface area contributed by atoms with E-state index >= 15 is 0 Å². The molecule has 0 unspecified atom stereocenters. The highest BCUT2D eigenvalue weighted by molar-refractivity contribution is 7.98. The van der Waals surface area contributed by atoms with E-state index in [1.54, 1.807) is 45.9 Å². The van der Waals surface area contributed by atoms with Crippen LogP contribution in [0, 0.1) is 11.6 Å². The van der Waals surface area contributed by atoms with Gasteiger partial charge >= 0.3 is 0 Å². The van der Waals surface area contributed by atoms with Crippen LogP contribution in [-0.2, 0) is 30.6 Å². The molecule has 0 N–H and O–H groups in total. The normalized spacial score (nSPS) is 13.3. The maximum atomic E-state index is 13.5. The molecule has 45 heavy (non-hydrogen) atoms. The number of carbonyl (C=O) groups is 1. The minimum atomic E-state index is -0.344. The molecule has 0 spiro atoms. The molecule has 3 heterocycles. The fourth-order valence-electron chi connectivity index (χ4n) is 5.35. The molecule has 1 saturated heterocycles. The van der Waals surface area contributed by atoms with Crippen molar-refractivity contribution in [1.29, 1.82) is 0 Å². The van der Waals surface area contributed by atoms with Crippen LogP contribution in [0.3, 0.4) is 0 Å². The first-order valence-electron chi connectivity index (χ1n) is 14.6. The summed E-state index contributed by atoms with van der Waals surface area (Å²) >= 11 is 1.34. The van der Waals surface area contributed by atoms with Crippen LogP contribution in [-0.4, -0.2) is 56.3 Å². The topological polar surface area (TPSA) is 76.3 Å². The molecule has 1 fully saturated rings. The van der Waals surface area contributed by atoms with Crippen LogP contribution in [0.4, 0.5) is 14.5 Å². The summed E-state index contributed by atoms with van der Waals surface area (Å²) in [5, 5.41) is 4.63. The van der Waals surface area contributed by atoms with E-state index in [1.165, 1.54) is 36.0 Å². The van der Waals surface area contributed by atoms with Gasteiger partial charge in [-0.2, -0.15) is 10.1 Å². The summed E-state index contributed by atoms with van der Waals surface area (Å²) in [4.78, 5) is 35.0. The van der Waals surface area contributed by atoms with Crippen LogP contribution in [0.25, 0.3) is 11.1 Å². The molecule has 5 aromatic rings. The fourth-order valence-corrected chi connectivity index (χ4v) is 6.27. The van der Waals surface area contributed by atoms with E-state index in [0.29, 0.717) is 49.1 Å². The SMILES string of the molecule is Cn1cc(Cc2cn(CC(=O)N3CCN(c4ccc(-c5ccc(F)cc5)cc4)CC3)c(SCc3ccc(F)cc3)nc2=O)cn1. The van der Waals surface area contributed by atoms with Gasteiger partial charge in [0.25, 0.3) is 5.56 Å². The Kier molecular flexibility index (Phi) is 9.06. The predicted octanol–water partition coefficient (Wildman–Crippen LogP) is 5.15. The van der Waals surface area contributed by atoms with Gasteiger partial charge in [-0.25, -0.2) is 8.78 Å². The number of anilines is 1. The molecular weight excluding hydrogens is 594 g/mol. The van der Waals surface area contributed by atoms with Crippen molar-refractivity contribution < 1.29 is 13.6 Å². The van der Waals surface area contributed by atoms with Crippen molar-refractivity contribution in [3.63, 3.8) is 0 Å². The van der Waals surface area contributed by atoms with Crippen molar-refractivity contribution >= 4 is 23.4 Å². The second-order valence-corrected chi connectivity index (χ2v) is 12.0. The molecule has 0 atom stereocenters. The number of carbonyl (C=O) groups excluding carboxylic acids is 1. The smallest absolute Gasteiger partial charge is 0.277 e. The third-order valence-electron chi connectivity index (χ3n) is 7.81. The van der Waals surface area contributed by atoms with Gasteiger partial charge in [0.15, 0.2) is 5.16 Å². The molecule has 1 amide bonds. The summed E-state index contributed by atoms with van der Waals surface area (Å²) in [6.45, 7) is 2.54. The molecular formula is C34H32F2N6O2S. The molecule has 230 valence electrons. The van der Waals surface area contributed by atoms with Gasteiger partial charge in [0.1, 0.15) is 18.2 Å². The number of hydrogen-bond donors (Lipinski definition) is 0. The molecule has 2 aromatic heterocycles. The fraction of sp³-hybridized carbons (Fsp3) is 0.235. The Bertz CT molecular complexity index is 1830. The summed E-state index contributed by atoms with van der Waals surface area (Å²) < 4.78 is 30.1. The van der Waals surface area contributed by atoms with E-state index in [9.17, 15) is 18.4 Å². The Balaban J connectivity index is 1.13. The van der Waals surface area contributed by atoms with E-state index in [0.717, 1.165) is 27.9 Å². The Morgan fingerprint density at radius 2 is 1.44 bits per heavy atom. The molecule has 1 aliphatic rings. The first-order valence-corrected chi connectivity index (χ1v) is 15.6. The number of piperazine rings is 1. The maximum Gasteiger partial charge on any atom is 0.277 e. The number of hydrogen-bond acceptors (Lipinski definition) is 6. The Hall–Kier alpha value is -4.77. The Morgan fingerprint density at radius 1 is 0.822 bits per heavy atom. The van der Waals surface area contributed by atoms with Gasteiger partial charge in [-0.15, -0.1) is 0 Å². The summed E-state index contributed by atoms with van der Waals surface area (Å²) in [6.07, 6.45) is 5.64. The summed E-state index contributed by atoms with van der Waals surface area (Å²) in [6, 6.07) is 20.8. The lowest BCUT2D eigenvalue weighted by Crippen LogP contribution is -2.49. The molecule has 0 bridgehead atoms. The number of aryl methyl sites for hydroxylation is 1. The number of amides is 1. The zero-order valence-corrected chi connectivity index (χ0v) is 25.6. The molecule has 8 nitrogen and oxygen atoms in total. The Labute approximate surface area is 263 Å². The van der Waals surface area contributed by atoms with Crippen molar-refractivity contribution in [1.82, 2.24) is 24.2 Å². The Morgan fingerprint density at radius 3 is 2.07 bits per heavy atom. The summed E-state index contributed by atoms with van der Waals surface area (Å²) in [7, 11) is 1.82. The lowest BCUT2D eigenvalue weighted by molar-refractivity contribution is -0.132. The van der Waals surface area contributed by atoms with Gasteiger partial charge in [-0.05, 0) is 58.7 Å². The van der Waals surface area contributed by atoms with Gasteiger partial charge in [-0.3, -0.25) is 14.3 Å². The molecule has 11 heteroatoms. The zero-order valence-electron chi connectivity index (χ0n) is 24.8. The second kappa shape index (κ2) is 13.5. The van der Waals surface area contributed by atoms with E-state index < -0.39 is 0 Å². The van der Waals surface area contributed by atoms with Crippen LogP contribution in [0.15, 0.2) is 101 Å². The van der Waals surface area contributed by atoms with Gasteiger partial charge in [0, 0.05) is 69.0 Å². The third-order valence-corrected chi connectivity index (χ3v) is 8.87. The summed E-state index contributed by atoms with van der Waals surface area (Å²) in [5.41, 5.74) is 4.93. The third kappa shape index (κ3) is 7.49. The lowest BCUT2D eigenvalue weighted by Gasteiger charge is -2.36. The van der Waals surface area contributed by atoms with Crippen LogP contribution < -0.4 is 10.5 Å². The lowest BCUT2D eigenvalue weighted by atomic mass is 10.1. The number of halogens is 2. The van der Waals surface area contributed by atoms with Crippen LogP contribution in [0.5, 0.6) is 0 Å². The van der Waals surface area contributed by atoms with Crippen molar-refractivity contribution in [2.45, 2.75) is 23.9 Å². The van der Waals surface area contributed by atoms with Crippen LogP contribution in [0.1, 0.15) is 16.7 Å². The monoisotopic (exact) mass is 626 g/mol. The first-order chi connectivity index (χ1) is 21.8. The highest BCUT2D eigenvalue weighted by Gasteiger charge is 2.23. The molecule has 1 aliphatic heterocycles. The van der Waals surface area contributed by atoms with Crippen molar-refractivity contribution in [2.75, 3.05) is 31.1 Å². The predicted molar refractivity (Wildman–Crippen MR) is 171 cm³/mol. The van der Waals surface area contributed by atoms with Crippen molar-refractivity contribution in [3.05, 3.63) is 130 Å². The average Bonchev–Trinajstić information content (AvgIpc) is 3.47. The van der Waals surface area contributed by atoms with E-state index in [2.05, 4.69) is 27.1 Å². The van der Waals surface area contributed by atoms with Gasteiger partial charge < -0.3 is 14.4 Å². The molecule has 3 aromatic carbocycles. The van der Waals surface area contributed by atoms with Gasteiger partial charge in [0.05, 0.1) is 6.20 Å².